The van der Waals surface area contributed by atoms with Crippen molar-refractivity contribution in [1.29, 1.82) is 5.26 Å². The summed E-state index contributed by atoms with van der Waals surface area (Å²) in [5, 5.41) is 12.9. The number of ether oxygens (including phenoxy) is 2. The normalized spacial score (nSPS) is 17.3. The number of pyridine rings is 1. The van der Waals surface area contributed by atoms with E-state index in [4.69, 9.17) is 9.47 Å². The molecule has 4 rings (SSSR count). The monoisotopic (exact) mass is 347 g/mol. The van der Waals surface area contributed by atoms with Crippen molar-refractivity contribution < 1.29 is 9.47 Å². The van der Waals surface area contributed by atoms with Gasteiger partial charge in [0.25, 0.3) is 0 Å². The molecule has 0 radical (unpaired) electrons. The second kappa shape index (κ2) is 6.38. The molecule has 2 aliphatic heterocycles. The van der Waals surface area contributed by atoms with E-state index in [1.165, 1.54) is 0 Å². The minimum Gasteiger partial charge on any atom is -0.493 e. The Labute approximate surface area is 153 Å². The Bertz CT molecular complexity index is 957. The third kappa shape index (κ3) is 2.50. The molecule has 1 atom stereocenters. The molecule has 5 nitrogen and oxygen atoms in total. The maximum Gasteiger partial charge on any atom is 0.219 e. The smallest absolute Gasteiger partial charge is 0.219 e. The zero-order valence-corrected chi connectivity index (χ0v) is 15.2. The van der Waals surface area contributed by atoms with Gasteiger partial charge in [-0.1, -0.05) is 12.1 Å². The molecule has 1 aromatic heterocycles. The second-order valence-corrected chi connectivity index (χ2v) is 6.64. The number of nitrogens with one attached hydrogen (secondary N) is 1. The first-order valence-corrected chi connectivity index (χ1v) is 8.90. The quantitative estimate of drug-likeness (QED) is 0.907. The summed E-state index contributed by atoms with van der Waals surface area (Å²) < 4.78 is 11.8. The minimum atomic E-state index is -0.0280. The van der Waals surface area contributed by atoms with Crippen LogP contribution in [0.2, 0.25) is 0 Å². The molecular formula is C21H21N3O2. The number of aryl methyl sites for hydroxylation is 1. The summed E-state index contributed by atoms with van der Waals surface area (Å²) in [7, 11) is 0. The highest BCUT2D eigenvalue weighted by Gasteiger charge is 2.31. The number of anilines is 1. The number of hydrogen-bond donors (Lipinski definition) is 1. The summed E-state index contributed by atoms with van der Waals surface area (Å²) in [5.74, 6) is 1.46. The van der Waals surface area contributed by atoms with E-state index in [9.17, 15) is 5.26 Å². The van der Waals surface area contributed by atoms with Crippen molar-refractivity contribution in [3.63, 3.8) is 0 Å². The van der Waals surface area contributed by atoms with Gasteiger partial charge in [0.1, 0.15) is 5.75 Å². The van der Waals surface area contributed by atoms with Gasteiger partial charge in [-0.3, -0.25) is 0 Å². The summed E-state index contributed by atoms with van der Waals surface area (Å²) >= 11 is 0. The summed E-state index contributed by atoms with van der Waals surface area (Å²) in [6.45, 7) is 7.24. The molecule has 0 bridgehead atoms. The average Bonchev–Trinajstić information content (AvgIpc) is 3.13. The number of rotatable bonds is 3. The fraction of sp³-hybridized carbons (Fsp3) is 0.333. The molecule has 1 N–H and O–H groups in total. The van der Waals surface area contributed by atoms with Crippen LogP contribution >= 0.6 is 0 Å². The Morgan fingerprint density at radius 2 is 2.23 bits per heavy atom. The standard InChI is InChI=1S/C21H21N3O2/c1-4-25-21-18-17(9-13(3)24-19(18)12(2)11-23-21)16-6-5-14(10-22)15-7-8-26-20(15)16/h5-6,9,11,17,24H,4,7-8H2,1-3H3/t17-/m0/s1. The lowest BCUT2D eigenvalue weighted by atomic mass is 9.84. The lowest BCUT2D eigenvalue weighted by Crippen LogP contribution is -2.16. The molecule has 132 valence electrons. The van der Waals surface area contributed by atoms with Crippen LogP contribution in [0.3, 0.4) is 0 Å². The molecule has 0 saturated carbocycles. The first kappa shape index (κ1) is 16.5. The molecule has 1 aromatic carbocycles. The van der Waals surface area contributed by atoms with Crippen molar-refractivity contribution >= 4 is 5.69 Å². The zero-order chi connectivity index (χ0) is 18.3. The van der Waals surface area contributed by atoms with Crippen LogP contribution in [0.1, 0.15) is 47.6 Å². The zero-order valence-electron chi connectivity index (χ0n) is 15.2. The Balaban J connectivity index is 1.95. The van der Waals surface area contributed by atoms with E-state index in [-0.39, 0.29) is 5.92 Å². The van der Waals surface area contributed by atoms with Gasteiger partial charge in [0.15, 0.2) is 0 Å². The third-order valence-electron chi connectivity index (χ3n) is 4.95. The van der Waals surface area contributed by atoms with Crippen molar-refractivity contribution in [3.8, 4) is 17.7 Å². The number of hydrogen-bond acceptors (Lipinski definition) is 5. The van der Waals surface area contributed by atoms with Gasteiger partial charge < -0.3 is 14.8 Å². The molecule has 2 aliphatic rings. The van der Waals surface area contributed by atoms with Crippen LogP contribution in [-0.2, 0) is 6.42 Å². The van der Waals surface area contributed by atoms with Crippen molar-refractivity contribution in [2.75, 3.05) is 18.5 Å². The summed E-state index contributed by atoms with van der Waals surface area (Å²) in [4.78, 5) is 4.52. The number of benzene rings is 1. The predicted octanol–water partition coefficient (Wildman–Crippen LogP) is 4.06. The summed E-state index contributed by atoms with van der Waals surface area (Å²) in [6, 6.07) is 6.19. The molecule has 5 heteroatoms. The summed E-state index contributed by atoms with van der Waals surface area (Å²) in [5.41, 5.74) is 7.00. The fourth-order valence-corrected chi connectivity index (χ4v) is 3.80. The van der Waals surface area contributed by atoms with E-state index in [1.807, 2.05) is 32.2 Å². The third-order valence-corrected chi connectivity index (χ3v) is 4.95. The molecule has 0 saturated heterocycles. The van der Waals surface area contributed by atoms with Gasteiger partial charge in [-0.25, -0.2) is 4.98 Å². The maximum absolute atomic E-state index is 9.40. The van der Waals surface area contributed by atoms with Crippen molar-refractivity contribution in [2.24, 2.45) is 0 Å². The number of allylic oxidation sites excluding steroid dienone is 2. The Morgan fingerprint density at radius 3 is 3.00 bits per heavy atom. The van der Waals surface area contributed by atoms with Gasteiger partial charge in [0, 0.05) is 40.9 Å². The van der Waals surface area contributed by atoms with Crippen LogP contribution in [0.15, 0.2) is 30.1 Å². The van der Waals surface area contributed by atoms with E-state index in [2.05, 4.69) is 29.4 Å². The van der Waals surface area contributed by atoms with E-state index in [0.29, 0.717) is 24.7 Å². The second-order valence-electron chi connectivity index (χ2n) is 6.64. The van der Waals surface area contributed by atoms with Gasteiger partial charge in [-0.15, -0.1) is 0 Å². The predicted molar refractivity (Wildman–Crippen MR) is 99.7 cm³/mol. The number of fused-ring (bicyclic) bond motifs is 2. The molecule has 3 heterocycles. The van der Waals surface area contributed by atoms with Gasteiger partial charge >= 0.3 is 0 Å². The van der Waals surface area contributed by atoms with Crippen molar-refractivity contribution in [1.82, 2.24) is 4.98 Å². The first-order valence-electron chi connectivity index (χ1n) is 8.90. The minimum absolute atomic E-state index is 0.0280. The Morgan fingerprint density at radius 1 is 1.38 bits per heavy atom. The van der Waals surface area contributed by atoms with Crippen molar-refractivity contribution in [2.45, 2.75) is 33.1 Å². The average molecular weight is 347 g/mol. The van der Waals surface area contributed by atoms with Crippen LogP contribution < -0.4 is 14.8 Å². The van der Waals surface area contributed by atoms with E-state index in [0.717, 1.165) is 45.8 Å². The summed E-state index contributed by atoms with van der Waals surface area (Å²) in [6.07, 6.45) is 4.79. The van der Waals surface area contributed by atoms with Gasteiger partial charge in [-0.2, -0.15) is 5.26 Å². The van der Waals surface area contributed by atoms with Crippen LogP contribution in [0.25, 0.3) is 0 Å². The van der Waals surface area contributed by atoms with Crippen LogP contribution in [-0.4, -0.2) is 18.2 Å². The SMILES string of the molecule is CCOc1ncc(C)c2c1[C@H](c1ccc(C#N)c3c1OCC3)C=C(C)N2. The Hall–Kier alpha value is -3.00. The molecule has 2 aromatic rings. The lowest BCUT2D eigenvalue weighted by Gasteiger charge is -2.28. The largest absolute Gasteiger partial charge is 0.493 e. The molecule has 0 fully saturated rings. The van der Waals surface area contributed by atoms with Gasteiger partial charge in [0.05, 0.1) is 30.5 Å². The van der Waals surface area contributed by atoms with Crippen molar-refractivity contribution in [3.05, 3.63) is 57.9 Å². The van der Waals surface area contributed by atoms with Crippen LogP contribution in [0.4, 0.5) is 5.69 Å². The molecule has 0 aliphatic carbocycles. The number of aromatic nitrogens is 1. The molecule has 0 spiro atoms. The molecule has 26 heavy (non-hydrogen) atoms. The van der Waals surface area contributed by atoms with Crippen LogP contribution in [0, 0.1) is 18.3 Å². The maximum atomic E-state index is 9.40. The topological polar surface area (TPSA) is 67.2 Å². The highest BCUT2D eigenvalue weighted by atomic mass is 16.5. The van der Waals surface area contributed by atoms with Gasteiger partial charge in [-0.05, 0) is 32.4 Å². The number of nitriles is 1. The molecule has 0 amide bonds. The first-order chi connectivity index (χ1) is 12.6. The van der Waals surface area contributed by atoms with E-state index >= 15 is 0 Å². The lowest BCUT2D eigenvalue weighted by molar-refractivity contribution is 0.322. The number of nitrogens with zero attached hydrogens (tertiary/aromatic N) is 2. The van der Waals surface area contributed by atoms with Crippen LogP contribution in [0.5, 0.6) is 11.6 Å². The molecule has 0 unspecified atom stereocenters. The highest BCUT2D eigenvalue weighted by Crippen LogP contribution is 2.47. The van der Waals surface area contributed by atoms with Gasteiger partial charge in [0.2, 0.25) is 5.88 Å². The van der Waals surface area contributed by atoms with E-state index in [1.54, 1.807) is 0 Å². The van der Waals surface area contributed by atoms with E-state index < -0.39 is 0 Å². The Kier molecular flexibility index (Phi) is 4.04. The fourth-order valence-electron chi connectivity index (χ4n) is 3.80. The highest BCUT2D eigenvalue weighted by molar-refractivity contribution is 5.71. The molecular weight excluding hydrogens is 326 g/mol.